The summed E-state index contributed by atoms with van der Waals surface area (Å²) >= 11 is 0. The fraction of sp³-hybridized carbons (Fsp3) is 0.462. The normalized spacial score (nSPS) is 23.3. The minimum Gasteiger partial charge on any atom is -0.334 e. The van der Waals surface area contributed by atoms with Crippen LogP contribution in [0.4, 0.5) is 10.5 Å². The fourth-order valence-electron chi connectivity index (χ4n) is 5.15. The van der Waals surface area contributed by atoms with Crippen LogP contribution in [-0.4, -0.2) is 25.5 Å². The van der Waals surface area contributed by atoms with Gasteiger partial charge in [-0.25, -0.2) is 13.2 Å². The third kappa shape index (κ3) is 6.02. The second kappa shape index (κ2) is 10.5. The van der Waals surface area contributed by atoms with Crippen molar-refractivity contribution < 1.29 is 18.0 Å². The lowest BCUT2D eigenvalue weighted by molar-refractivity contribution is -0.121. The number of nitrogens with one attached hydrogen (secondary N) is 2. The summed E-state index contributed by atoms with van der Waals surface area (Å²) in [6.45, 7) is 0.411. The predicted octanol–water partition coefficient (Wildman–Crippen LogP) is 5.10. The zero-order valence-electron chi connectivity index (χ0n) is 18.8. The van der Waals surface area contributed by atoms with Gasteiger partial charge in [0.15, 0.2) is 9.84 Å². The van der Waals surface area contributed by atoms with Crippen LogP contribution < -0.4 is 10.6 Å². The number of hydrogen-bond donors (Lipinski definition) is 2. The Bertz CT molecular complexity index is 1070. The van der Waals surface area contributed by atoms with E-state index in [1.165, 1.54) is 0 Å². The molecule has 2 saturated carbocycles. The lowest BCUT2D eigenvalue weighted by atomic mass is 9.82. The van der Waals surface area contributed by atoms with Crippen LogP contribution in [0.2, 0.25) is 0 Å². The molecule has 7 heteroatoms. The van der Waals surface area contributed by atoms with E-state index in [0.29, 0.717) is 48.1 Å². The average molecular weight is 469 g/mol. The molecule has 0 heterocycles. The molecule has 0 saturated heterocycles. The summed E-state index contributed by atoms with van der Waals surface area (Å²) in [7, 11) is -3.45. The molecule has 2 amide bonds. The summed E-state index contributed by atoms with van der Waals surface area (Å²) in [6.07, 6.45) is 6.65. The Morgan fingerprint density at radius 3 is 2.39 bits per heavy atom. The van der Waals surface area contributed by atoms with Gasteiger partial charge in [0.2, 0.25) is 0 Å². The van der Waals surface area contributed by atoms with E-state index in [2.05, 4.69) is 10.6 Å². The highest BCUT2D eigenvalue weighted by Gasteiger charge is 2.35. The van der Waals surface area contributed by atoms with Crippen molar-refractivity contribution in [2.45, 2.75) is 68.1 Å². The van der Waals surface area contributed by atoms with E-state index in [0.717, 1.165) is 37.7 Å². The van der Waals surface area contributed by atoms with Crippen molar-refractivity contribution in [3.8, 4) is 0 Å². The largest absolute Gasteiger partial charge is 0.334 e. The fourth-order valence-corrected chi connectivity index (χ4v) is 7.05. The maximum absolute atomic E-state index is 13.3. The first-order chi connectivity index (χ1) is 15.9. The molecule has 0 spiro atoms. The molecule has 2 aliphatic rings. The second-order valence-electron chi connectivity index (χ2n) is 9.31. The molecule has 2 N–H and O–H groups in total. The van der Waals surface area contributed by atoms with Crippen LogP contribution in [-0.2, 0) is 21.2 Å². The van der Waals surface area contributed by atoms with Crippen molar-refractivity contribution >= 4 is 27.3 Å². The third-order valence-corrected chi connectivity index (χ3v) is 9.19. The summed E-state index contributed by atoms with van der Waals surface area (Å²) in [5.41, 5.74) is 1.54. The first-order valence-corrected chi connectivity index (χ1v) is 13.4. The highest BCUT2D eigenvalue weighted by Crippen LogP contribution is 2.38. The molecule has 0 radical (unpaired) electrons. The Morgan fingerprint density at radius 2 is 1.70 bits per heavy atom. The van der Waals surface area contributed by atoms with Crippen molar-refractivity contribution in [2.24, 2.45) is 11.8 Å². The molecule has 2 aromatic rings. The van der Waals surface area contributed by atoms with Gasteiger partial charge in [-0.3, -0.25) is 4.79 Å². The van der Waals surface area contributed by atoms with Gasteiger partial charge in [-0.2, -0.15) is 0 Å². The van der Waals surface area contributed by atoms with Gasteiger partial charge in [-0.05, 0) is 67.9 Å². The number of ketones is 1. The van der Waals surface area contributed by atoms with Crippen LogP contribution in [0.5, 0.6) is 0 Å². The van der Waals surface area contributed by atoms with Gasteiger partial charge in [-0.15, -0.1) is 0 Å². The SMILES string of the molecule is O=C(NCc1ccccc1)Nc1ccc(S(=O)(=O)C2CCCC(CC3CCCC3=O)C2)cc1. The van der Waals surface area contributed by atoms with Crippen molar-refractivity contribution in [2.75, 3.05) is 5.32 Å². The zero-order valence-corrected chi connectivity index (χ0v) is 19.6. The Labute approximate surface area is 196 Å². The Hall–Kier alpha value is -2.67. The molecule has 3 atom stereocenters. The second-order valence-corrected chi connectivity index (χ2v) is 11.5. The molecule has 4 rings (SSSR count). The Kier molecular flexibility index (Phi) is 7.48. The number of benzene rings is 2. The maximum Gasteiger partial charge on any atom is 0.319 e. The monoisotopic (exact) mass is 468 g/mol. The van der Waals surface area contributed by atoms with Crippen LogP contribution in [0.15, 0.2) is 59.5 Å². The smallest absolute Gasteiger partial charge is 0.319 e. The summed E-state index contributed by atoms with van der Waals surface area (Å²) in [6, 6.07) is 15.7. The number of rotatable bonds is 7. The van der Waals surface area contributed by atoms with E-state index < -0.39 is 15.1 Å². The minimum absolute atomic E-state index is 0.134. The molecule has 0 bridgehead atoms. The lowest BCUT2D eigenvalue weighted by Gasteiger charge is -2.30. The first kappa shape index (κ1) is 23.5. The predicted molar refractivity (Wildman–Crippen MR) is 129 cm³/mol. The van der Waals surface area contributed by atoms with Gasteiger partial charge < -0.3 is 10.6 Å². The topological polar surface area (TPSA) is 92.3 Å². The van der Waals surface area contributed by atoms with Crippen LogP contribution in [0.1, 0.15) is 56.9 Å². The summed E-state index contributed by atoms with van der Waals surface area (Å²) in [5, 5.41) is 5.13. The number of urea groups is 1. The summed E-state index contributed by atoms with van der Waals surface area (Å²) < 4.78 is 26.5. The van der Waals surface area contributed by atoms with E-state index in [4.69, 9.17) is 0 Å². The summed E-state index contributed by atoms with van der Waals surface area (Å²) in [4.78, 5) is 24.5. The number of carbonyl (C=O) groups excluding carboxylic acids is 2. The Balaban J connectivity index is 1.33. The van der Waals surface area contributed by atoms with E-state index in [-0.39, 0.29) is 11.9 Å². The van der Waals surface area contributed by atoms with Crippen molar-refractivity contribution in [3.05, 3.63) is 60.2 Å². The van der Waals surface area contributed by atoms with Crippen LogP contribution >= 0.6 is 0 Å². The number of Topliss-reactive ketones (excluding diaryl/α,β-unsaturated/α-hetero) is 1. The average Bonchev–Trinajstić information content (AvgIpc) is 3.23. The summed E-state index contributed by atoms with van der Waals surface area (Å²) in [5.74, 6) is 0.797. The molecular weight excluding hydrogens is 436 g/mol. The molecule has 176 valence electrons. The van der Waals surface area contributed by atoms with Gasteiger partial charge >= 0.3 is 6.03 Å². The number of amides is 2. The lowest BCUT2D eigenvalue weighted by Crippen LogP contribution is -2.30. The van der Waals surface area contributed by atoms with Crippen molar-refractivity contribution in [1.29, 1.82) is 0 Å². The van der Waals surface area contributed by atoms with Crippen LogP contribution in [0.3, 0.4) is 0 Å². The standard InChI is InChI=1S/C26H32N2O4S/c29-25-11-5-9-21(25)16-20-8-4-10-24(17-20)33(31,32)23-14-12-22(13-15-23)28-26(30)27-18-19-6-2-1-3-7-19/h1-3,6-7,12-15,20-21,24H,4-5,8-11,16-18H2,(H2,27,28,30). The van der Waals surface area contributed by atoms with Gasteiger partial charge in [-0.1, -0.05) is 43.2 Å². The molecule has 2 fully saturated rings. The highest BCUT2D eigenvalue weighted by atomic mass is 32.2. The van der Waals surface area contributed by atoms with Crippen molar-refractivity contribution in [3.63, 3.8) is 0 Å². The molecule has 6 nitrogen and oxygen atoms in total. The molecule has 3 unspecified atom stereocenters. The van der Waals surface area contributed by atoms with Crippen molar-refractivity contribution in [1.82, 2.24) is 5.32 Å². The quantitative estimate of drug-likeness (QED) is 0.591. The maximum atomic E-state index is 13.3. The number of anilines is 1. The van der Waals surface area contributed by atoms with Gasteiger partial charge in [0, 0.05) is 24.6 Å². The van der Waals surface area contributed by atoms with E-state index >= 15 is 0 Å². The van der Waals surface area contributed by atoms with Crippen LogP contribution in [0.25, 0.3) is 0 Å². The number of sulfone groups is 1. The molecule has 2 aromatic carbocycles. The third-order valence-electron chi connectivity index (χ3n) is 6.96. The molecular formula is C26H32N2O4S. The first-order valence-electron chi connectivity index (χ1n) is 11.9. The van der Waals surface area contributed by atoms with Gasteiger partial charge in [0.25, 0.3) is 0 Å². The van der Waals surface area contributed by atoms with E-state index in [9.17, 15) is 18.0 Å². The molecule has 0 aliphatic heterocycles. The zero-order chi connectivity index (χ0) is 23.3. The van der Waals surface area contributed by atoms with Gasteiger partial charge in [0.05, 0.1) is 10.1 Å². The Morgan fingerprint density at radius 1 is 0.939 bits per heavy atom. The highest BCUT2D eigenvalue weighted by molar-refractivity contribution is 7.92. The number of carbonyl (C=O) groups is 2. The number of hydrogen-bond acceptors (Lipinski definition) is 4. The molecule has 0 aromatic heterocycles. The van der Waals surface area contributed by atoms with Gasteiger partial charge in [0.1, 0.15) is 5.78 Å². The van der Waals surface area contributed by atoms with E-state index in [1.807, 2.05) is 30.3 Å². The minimum atomic E-state index is -3.45. The van der Waals surface area contributed by atoms with Crippen LogP contribution in [0, 0.1) is 11.8 Å². The molecule has 2 aliphatic carbocycles. The molecule has 33 heavy (non-hydrogen) atoms. The van der Waals surface area contributed by atoms with E-state index in [1.54, 1.807) is 24.3 Å².